The molecule has 1 N–H and O–H groups in total. The minimum atomic E-state index is -0.468. The molecule has 2 heterocycles. The van der Waals surface area contributed by atoms with E-state index in [-0.39, 0.29) is 0 Å². The van der Waals surface area contributed by atoms with Crippen LogP contribution >= 0.6 is 0 Å². The Morgan fingerprint density at radius 3 is 2.16 bits per heavy atom. The number of piperazine rings is 1. The molecule has 25 heavy (non-hydrogen) atoms. The molecular weight excluding hydrogens is 318 g/mol. The quantitative estimate of drug-likeness (QED) is 0.591. The minimum Gasteiger partial charge on any atom is -0.378 e. The Morgan fingerprint density at radius 1 is 0.880 bits per heavy atom. The van der Waals surface area contributed by atoms with E-state index in [4.69, 9.17) is 9.47 Å². The van der Waals surface area contributed by atoms with Gasteiger partial charge in [0.15, 0.2) is 0 Å². The van der Waals surface area contributed by atoms with Gasteiger partial charge in [-0.2, -0.15) is 0 Å². The number of hydrogen-bond donors (Lipinski definition) is 1. The van der Waals surface area contributed by atoms with Gasteiger partial charge in [0.2, 0.25) is 0 Å². The van der Waals surface area contributed by atoms with Crippen LogP contribution in [0.3, 0.4) is 0 Å². The first-order valence-electron chi connectivity index (χ1n) is 10.1. The molecule has 0 aromatic rings. The van der Waals surface area contributed by atoms with Gasteiger partial charge >= 0.3 is 0 Å². The fourth-order valence-corrected chi connectivity index (χ4v) is 3.54. The topological polar surface area (TPSA) is 48.4 Å². The van der Waals surface area contributed by atoms with Gasteiger partial charge in [-0.05, 0) is 32.6 Å². The van der Waals surface area contributed by atoms with E-state index in [1.807, 2.05) is 0 Å². The average molecular weight is 358 g/mol. The van der Waals surface area contributed by atoms with Crippen molar-refractivity contribution < 1.29 is 14.6 Å². The molecule has 2 fully saturated rings. The van der Waals surface area contributed by atoms with Crippen molar-refractivity contribution in [3.8, 4) is 0 Å². The molecule has 0 aromatic heterocycles. The van der Waals surface area contributed by atoms with E-state index in [0.29, 0.717) is 25.9 Å². The van der Waals surface area contributed by atoms with Crippen LogP contribution in [0.2, 0.25) is 0 Å². The van der Waals surface area contributed by atoms with Gasteiger partial charge in [0, 0.05) is 51.9 Å². The number of hydrogen-bond acceptors (Lipinski definition) is 6. The second-order valence-corrected chi connectivity index (χ2v) is 7.86. The van der Waals surface area contributed by atoms with E-state index in [2.05, 4.69) is 35.5 Å². The number of likely N-dealkylation sites (tertiary alicyclic amines) is 1. The fourth-order valence-electron chi connectivity index (χ4n) is 3.54. The van der Waals surface area contributed by atoms with E-state index >= 15 is 0 Å². The first kappa shape index (κ1) is 21.1. The zero-order chi connectivity index (χ0) is 18.1. The maximum atomic E-state index is 10.1. The number of aliphatic hydroxyl groups is 1. The Balaban J connectivity index is 1.41. The standard InChI is InChI=1S/C19H39N3O3/c1-17(2)21-10-8-20(9-11-21)12-13-24-14-15-25-16-19(23)22-6-4-18(3)5-7-22/h17-19,23H,4-16H2,1-3H3. The van der Waals surface area contributed by atoms with Crippen molar-refractivity contribution in [2.45, 2.75) is 45.9 Å². The summed E-state index contributed by atoms with van der Waals surface area (Å²) in [6.45, 7) is 16.7. The lowest BCUT2D eigenvalue weighted by molar-refractivity contribution is -0.0771. The summed E-state index contributed by atoms with van der Waals surface area (Å²) in [6, 6.07) is 0.652. The van der Waals surface area contributed by atoms with Crippen molar-refractivity contribution >= 4 is 0 Å². The predicted molar refractivity (Wildman–Crippen MR) is 101 cm³/mol. The molecule has 0 bridgehead atoms. The minimum absolute atomic E-state index is 0.384. The van der Waals surface area contributed by atoms with E-state index < -0.39 is 6.23 Å². The average Bonchev–Trinajstić information content (AvgIpc) is 2.61. The summed E-state index contributed by atoms with van der Waals surface area (Å²) in [5, 5.41) is 10.1. The zero-order valence-corrected chi connectivity index (χ0v) is 16.5. The molecule has 2 rings (SSSR count). The summed E-state index contributed by atoms with van der Waals surface area (Å²) < 4.78 is 11.2. The molecule has 2 aliphatic rings. The normalized spacial score (nSPS) is 23.4. The third-order valence-corrected chi connectivity index (χ3v) is 5.57. The summed E-state index contributed by atoms with van der Waals surface area (Å²) in [5.74, 6) is 0.783. The Kier molecular flexibility index (Phi) is 9.66. The van der Waals surface area contributed by atoms with E-state index in [9.17, 15) is 5.11 Å². The third kappa shape index (κ3) is 7.89. The SMILES string of the molecule is CC1CCN(C(O)COCCOCCN2CCN(C(C)C)CC2)CC1. The molecule has 1 atom stereocenters. The zero-order valence-electron chi connectivity index (χ0n) is 16.5. The van der Waals surface area contributed by atoms with E-state index in [1.165, 1.54) is 12.8 Å². The molecule has 0 aromatic carbocycles. The monoisotopic (exact) mass is 357 g/mol. The molecule has 148 valence electrons. The molecule has 0 saturated carbocycles. The van der Waals surface area contributed by atoms with Gasteiger partial charge in [-0.15, -0.1) is 0 Å². The lowest BCUT2D eigenvalue weighted by atomic mass is 9.99. The largest absolute Gasteiger partial charge is 0.378 e. The van der Waals surface area contributed by atoms with Crippen LogP contribution in [0.15, 0.2) is 0 Å². The summed E-state index contributed by atoms with van der Waals surface area (Å²) in [5.41, 5.74) is 0. The highest BCUT2D eigenvalue weighted by Crippen LogP contribution is 2.17. The molecule has 2 aliphatic heterocycles. The van der Waals surface area contributed by atoms with Crippen LogP contribution in [-0.2, 0) is 9.47 Å². The van der Waals surface area contributed by atoms with Gasteiger partial charge in [0.1, 0.15) is 6.23 Å². The van der Waals surface area contributed by atoms with Crippen molar-refractivity contribution in [2.24, 2.45) is 5.92 Å². The Labute approximate surface area is 154 Å². The molecule has 0 amide bonds. The predicted octanol–water partition coefficient (Wildman–Crippen LogP) is 1.10. The molecular formula is C19H39N3O3. The molecule has 2 saturated heterocycles. The highest BCUT2D eigenvalue weighted by Gasteiger charge is 2.21. The smallest absolute Gasteiger partial charge is 0.131 e. The molecule has 6 heteroatoms. The lowest BCUT2D eigenvalue weighted by Gasteiger charge is -2.36. The third-order valence-electron chi connectivity index (χ3n) is 5.57. The molecule has 0 radical (unpaired) electrons. The number of rotatable bonds is 10. The van der Waals surface area contributed by atoms with Crippen LogP contribution in [0.1, 0.15) is 33.6 Å². The highest BCUT2D eigenvalue weighted by molar-refractivity contribution is 4.74. The maximum Gasteiger partial charge on any atom is 0.131 e. The van der Waals surface area contributed by atoms with Gasteiger partial charge in [-0.3, -0.25) is 14.7 Å². The second kappa shape index (κ2) is 11.5. The van der Waals surface area contributed by atoms with Gasteiger partial charge in [0.05, 0.1) is 26.4 Å². The van der Waals surface area contributed by atoms with Crippen LogP contribution in [0, 0.1) is 5.92 Å². The highest BCUT2D eigenvalue weighted by atomic mass is 16.5. The van der Waals surface area contributed by atoms with Crippen molar-refractivity contribution in [3.63, 3.8) is 0 Å². The van der Waals surface area contributed by atoms with Crippen LogP contribution in [0.5, 0.6) is 0 Å². The van der Waals surface area contributed by atoms with E-state index in [1.54, 1.807) is 0 Å². The Bertz CT molecular complexity index is 341. The fraction of sp³-hybridized carbons (Fsp3) is 1.00. The van der Waals surface area contributed by atoms with Gasteiger partial charge < -0.3 is 14.6 Å². The van der Waals surface area contributed by atoms with Crippen molar-refractivity contribution in [3.05, 3.63) is 0 Å². The number of nitrogens with zero attached hydrogens (tertiary/aromatic N) is 3. The van der Waals surface area contributed by atoms with E-state index in [0.717, 1.165) is 58.3 Å². The Hall–Kier alpha value is -0.240. The summed E-state index contributed by atoms with van der Waals surface area (Å²) in [7, 11) is 0. The number of aliphatic hydroxyl groups excluding tert-OH is 1. The number of piperidine rings is 1. The van der Waals surface area contributed by atoms with Crippen LogP contribution < -0.4 is 0 Å². The van der Waals surface area contributed by atoms with Gasteiger partial charge in [0.25, 0.3) is 0 Å². The molecule has 0 spiro atoms. The summed E-state index contributed by atoms with van der Waals surface area (Å²) in [6.07, 6.45) is 1.88. The van der Waals surface area contributed by atoms with Crippen LogP contribution in [0.4, 0.5) is 0 Å². The van der Waals surface area contributed by atoms with Gasteiger partial charge in [-0.1, -0.05) is 6.92 Å². The maximum absolute atomic E-state index is 10.1. The lowest BCUT2D eigenvalue weighted by Crippen LogP contribution is -2.49. The molecule has 0 aliphatic carbocycles. The van der Waals surface area contributed by atoms with Crippen LogP contribution in [0.25, 0.3) is 0 Å². The summed E-state index contributed by atoms with van der Waals surface area (Å²) in [4.78, 5) is 7.12. The van der Waals surface area contributed by atoms with Crippen LogP contribution in [-0.4, -0.2) is 104 Å². The van der Waals surface area contributed by atoms with Crippen molar-refractivity contribution in [1.29, 1.82) is 0 Å². The first-order chi connectivity index (χ1) is 12.1. The second-order valence-electron chi connectivity index (χ2n) is 7.86. The van der Waals surface area contributed by atoms with Crippen molar-refractivity contribution in [1.82, 2.24) is 14.7 Å². The Morgan fingerprint density at radius 2 is 1.52 bits per heavy atom. The molecule has 1 unspecified atom stereocenters. The molecule has 6 nitrogen and oxygen atoms in total. The van der Waals surface area contributed by atoms with Crippen molar-refractivity contribution in [2.75, 3.05) is 72.2 Å². The number of ether oxygens (including phenoxy) is 2. The first-order valence-corrected chi connectivity index (χ1v) is 10.1. The summed E-state index contributed by atoms with van der Waals surface area (Å²) >= 11 is 0. The van der Waals surface area contributed by atoms with Gasteiger partial charge in [-0.25, -0.2) is 0 Å².